The van der Waals surface area contributed by atoms with Gasteiger partial charge in [0.1, 0.15) is 5.82 Å². The van der Waals surface area contributed by atoms with Crippen LogP contribution < -0.4 is 0 Å². The van der Waals surface area contributed by atoms with E-state index in [2.05, 4.69) is 4.98 Å². The van der Waals surface area contributed by atoms with Crippen molar-refractivity contribution in [3.63, 3.8) is 0 Å². The number of aromatic nitrogens is 1. The minimum absolute atomic E-state index is 0.0881. The molecule has 7 heteroatoms. The van der Waals surface area contributed by atoms with Crippen molar-refractivity contribution in [2.45, 2.75) is 42.7 Å². The van der Waals surface area contributed by atoms with E-state index >= 15 is 0 Å². The predicted molar refractivity (Wildman–Crippen MR) is 103 cm³/mol. The normalized spacial score (nSPS) is 22.7. The number of rotatable bonds is 2. The van der Waals surface area contributed by atoms with Crippen LogP contribution in [0.1, 0.15) is 36.6 Å². The zero-order chi connectivity index (χ0) is 18.8. The third-order valence-electron chi connectivity index (χ3n) is 5.73. The van der Waals surface area contributed by atoms with E-state index in [9.17, 15) is 12.8 Å². The van der Waals surface area contributed by atoms with Gasteiger partial charge in [0.25, 0.3) is 0 Å². The number of aromatic amines is 1. The Morgan fingerprint density at radius 3 is 2.67 bits per heavy atom. The first kappa shape index (κ1) is 17.2. The van der Waals surface area contributed by atoms with Gasteiger partial charge in [-0.25, -0.2) is 12.8 Å². The largest absolute Gasteiger partial charge is 0.358 e. The van der Waals surface area contributed by atoms with Gasteiger partial charge in [0.15, 0.2) is 0 Å². The highest BCUT2D eigenvalue weighted by molar-refractivity contribution is 7.89. The zero-order valence-electron chi connectivity index (χ0n) is 14.5. The molecular formula is C20H18ClFN2O2S. The highest BCUT2D eigenvalue weighted by atomic mass is 35.5. The molecule has 0 radical (unpaired) electrons. The summed E-state index contributed by atoms with van der Waals surface area (Å²) in [5.74, 6) is -0.311. The van der Waals surface area contributed by atoms with Gasteiger partial charge in [0.05, 0.1) is 10.9 Å². The lowest BCUT2D eigenvalue weighted by molar-refractivity contribution is 0.163. The van der Waals surface area contributed by atoms with Crippen LogP contribution in [0.2, 0.25) is 5.02 Å². The van der Waals surface area contributed by atoms with Crippen LogP contribution in [0.5, 0.6) is 0 Å². The molecule has 1 aromatic heterocycles. The van der Waals surface area contributed by atoms with E-state index in [1.807, 2.05) is 0 Å². The Labute approximate surface area is 162 Å². The van der Waals surface area contributed by atoms with Gasteiger partial charge in [-0.05, 0) is 67.3 Å². The lowest BCUT2D eigenvalue weighted by atomic mass is 9.84. The average molecular weight is 405 g/mol. The van der Waals surface area contributed by atoms with E-state index in [0.29, 0.717) is 11.4 Å². The summed E-state index contributed by atoms with van der Waals surface area (Å²) in [5.41, 5.74) is 2.82. The van der Waals surface area contributed by atoms with Crippen molar-refractivity contribution in [1.29, 1.82) is 0 Å². The molecule has 0 saturated carbocycles. The SMILES string of the molecule is O=S(=O)(c1ccc(Cl)cc1)N1C2CCCC1c1c([nH]c3ccc(F)cc13)C2. The third-order valence-corrected chi connectivity index (χ3v) is 7.95. The molecule has 2 bridgehead atoms. The quantitative estimate of drug-likeness (QED) is 0.666. The Morgan fingerprint density at radius 2 is 1.89 bits per heavy atom. The standard InChI is InChI=1S/C20H18ClFN2O2S/c21-12-4-7-15(8-5-12)27(25,26)24-14-2-1-3-19(24)20-16-10-13(22)6-9-17(16)23-18(20)11-14/h4-10,14,19,23H,1-3,11H2. The van der Waals surface area contributed by atoms with Crippen LogP contribution in [0.25, 0.3) is 10.9 Å². The molecule has 140 valence electrons. The molecule has 2 aliphatic rings. The second-order valence-electron chi connectivity index (χ2n) is 7.30. The predicted octanol–water partition coefficient (Wildman–Crippen LogP) is 4.80. The highest BCUT2D eigenvalue weighted by Crippen LogP contribution is 2.47. The van der Waals surface area contributed by atoms with E-state index < -0.39 is 10.0 Å². The summed E-state index contributed by atoms with van der Waals surface area (Å²) in [6.07, 6.45) is 3.14. The minimum atomic E-state index is -3.67. The van der Waals surface area contributed by atoms with Gasteiger partial charge in [-0.1, -0.05) is 11.6 Å². The van der Waals surface area contributed by atoms with Crippen molar-refractivity contribution in [3.8, 4) is 0 Å². The summed E-state index contributed by atoms with van der Waals surface area (Å²) in [6.45, 7) is 0. The zero-order valence-corrected chi connectivity index (χ0v) is 16.0. The maximum absolute atomic E-state index is 13.9. The van der Waals surface area contributed by atoms with Crippen molar-refractivity contribution in [1.82, 2.24) is 9.29 Å². The molecule has 2 unspecified atom stereocenters. The number of H-pyrrole nitrogens is 1. The van der Waals surface area contributed by atoms with E-state index in [4.69, 9.17) is 11.6 Å². The first-order chi connectivity index (χ1) is 12.9. The molecule has 1 fully saturated rings. The van der Waals surface area contributed by atoms with Gasteiger partial charge >= 0.3 is 0 Å². The second kappa shape index (κ2) is 6.06. The Bertz CT molecular complexity index is 1140. The van der Waals surface area contributed by atoms with Crippen LogP contribution in [0.4, 0.5) is 4.39 Å². The number of sulfonamides is 1. The minimum Gasteiger partial charge on any atom is -0.358 e. The number of hydrogen-bond acceptors (Lipinski definition) is 2. The van der Waals surface area contributed by atoms with Gasteiger partial charge < -0.3 is 4.98 Å². The van der Waals surface area contributed by atoms with Crippen LogP contribution in [0.15, 0.2) is 47.4 Å². The van der Waals surface area contributed by atoms with Gasteiger partial charge in [-0.3, -0.25) is 0 Å². The fourth-order valence-corrected chi connectivity index (χ4v) is 6.60. The van der Waals surface area contributed by atoms with Gasteiger partial charge in [0, 0.05) is 34.1 Å². The molecule has 1 saturated heterocycles. The molecule has 27 heavy (non-hydrogen) atoms. The van der Waals surface area contributed by atoms with E-state index in [0.717, 1.165) is 41.4 Å². The van der Waals surface area contributed by atoms with Crippen LogP contribution in [-0.2, 0) is 16.4 Å². The highest BCUT2D eigenvalue weighted by Gasteiger charge is 2.45. The van der Waals surface area contributed by atoms with Crippen molar-refractivity contribution >= 4 is 32.5 Å². The fourth-order valence-electron chi connectivity index (χ4n) is 4.63. The Balaban J connectivity index is 1.68. The van der Waals surface area contributed by atoms with Crippen LogP contribution >= 0.6 is 11.6 Å². The number of benzene rings is 2. The van der Waals surface area contributed by atoms with Crippen molar-refractivity contribution < 1.29 is 12.8 Å². The van der Waals surface area contributed by atoms with Gasteiger partial charge in [-0.15, -0.1) is 0 Å². The summed E-state index contributed by atoms with van der Waals surface area (Å²) in [5, 5.41) is 1.29. The van der Waals surface area contributed by atoms with Crippen LogP contribution in [-0.4, -0.2) is 23.7 Å². The number of piperidine rings is 1. The molecule has 0 amide bonds. The summed E-state index contributed by atoms with van der Waals surface area (Å²) in [4.78, 5) is 3.63. The van der Waals surface area contributed by atoms with Crippen molar-refractivity contribution in [2.75, 3.05) is 0 Å². The molecule has 0 spiro atoms. The molecule has 2 aliphatic heterocycles. The average Bonchev–Trinajstić information content (AvgIpc) is 2.98. The third kappa shape index (κ3) is 2.62. The molecule has 2 atom stereocenters. The van der Waals surface area contributed by atoms with Crippen LogP contribution in [0.3, 0.4) is 0 Å². The number of nitrogens with zero attached hydrogens (tertiary/aromatic N) is 1. The number of halogens is 2. The molecule has 1 N–H and O–H groups in total. The second-order valence-corrected chi connectivity index (χ2v) is 9.58. The molecule has 5 rings (SSSR count). The summed E-state index contributed by atoms with van der Waals surface area (Å²) >= 11 is 5.93. The molecule has 3 heterocycles. The van der Waals surface area contributed by atoms with Crippen LogP contribution in [0, 0.1) is 5.82 Å². The van der Waals surface area contributed by atoms with Crippen molar-refractivity contribution in [2.24, 2.45) is 0 Å². The number of hydrogen-bond donors (Lipinski definition) is 1. The maximum Gasteiger partial charge on any atom is 0.243 e. The molecule has 2 aromatic carbocycles. The van der Waals surface area contributed by atoms with E-state index in [-0.39, 0.29) is 22.8 Å². The molecule has 4 nitrogen and oxygen atoms in total. The summed E-state index contributed by atoms with van der Waals surface area (Å²) in [7, 11) is -3.67. The lowest BCUT2D eigenvalue weighted by Crippen LogP contribution is -2.49. The molecule has 3 aromatic rings. The van der Waals surface area contributed by atoms with E-state index in [1.54, 1.807) is 34.6 Å². The number of fused-ring (bicyclic) bond motifs is 6. The molecular weight excluding hydrogens is 387 g/mol. The Hall–Kier alpha value is -1.89. The maximum atomic E-state index is 13.9. The van der Waals surface area contributed by atoms with E-state index in [1.165, 1.54) is 12.1 Å². The molecule has 0 aliphatic carbocycles. The Kier molecular flexibility index (Phi) is 3.86. The first-order valence-corrected chi connectivity index (χ1v) is 10.9. The summed E-state index contributed by atoms with van der Waals surface area (Å²) in [6, 6.07) is 10.6. The van der Waals surface area contributed by atoms with Gasteiger partial charge in [-0.2, -0.15) is 4.31 Å². The first-order valence-electron chi connectivity index (χ1n) is 9.04. The van der Waals surface area contributed by atoms with Gasteiger partial charge in [0.2, 0.25) is 10.0 Å². The summed E-state index contributed by atoms with van der Waals surface area (Å²) < 4.78 is 42.4. The monoisotopic (exact) mass is 404 g/mol. The number of nitrogens with one attached hydrogen (secondary N) is 1. The lowest BCUT2D eigenvalue weighted by Gasteiger charge is -2.44. The van der Waals surface area contributed by atoms with Crippen molar-refractivity contribution in [3.05, 3.63) is 64.6 Å². The smallest absolute Gasteiger partial charge is 0.243 e. The Morgan fingerprint density at radius 1 is 1.11 bits per heavy atom. The topological polar surface area (TPSA) is 53.2 Å². The fraction of sp³-hybridized carbons (Fsp3) is 0.300.